The molecule has 5 heteroatoms. The number of aromatic nitrogens is 1. The summed E-state index contributed by atoms with van der Waals surface area (Å²) in [5.74, 6) is 0.297. The topological polar surface area (TPSA) is 34.2 Å². The highest BCUT2D eigenvalue weighted by atomic mass is 35.5. The number of nitrogens with one attached hydrogen (secondary N) is 1. The van der Waals surface area contributed by atoms with Crippen LogP contribution in [0.1, 0.15) is 24.1 Å². The number of halogens is 2. The van der Waals surface area contributed by atoms with E-state index in [-0.39, 0.29) is 11.9 Å². The number of methoxy groups -OCH3 is 1. The van der Waals surface area contributed by atoms with E-state index < -0.39 is 0 Å². The summed E-state index contributed by atoms with van der Waals surface area (Å²) >= 11 is 5.98. The smallest absolute Gasteiger partial charge is 0.141 e. The summed E-state index contributed by atoms with van der Waals surface area (Å²) in [5, 5.41) is 3.90. The van der Waals surface area contributed by atoms with Gasteiger partial charge in [0.05, 0.1) is 19.3 Å². The quantitative estimate of drug-likeness (QED) is 0.915. The SMILES string of the molecule is CCNC(c1cncc(F)c1)c1ccc(Cl)cc1OC. The third-order valence-electron chi connectivity index (χ3n) is 2.97. The Labute approximate surface area is 122 Å². The minimum Gasteiger partial charge on any atom is -0.496 e. The lowest BCUT2D eigenvalue weighted by atomic mass is 9.99. The van der Waals surface area contributed by atoms with Crippen LogP contribution in [0.25, 0.3) is 0 Å². The van der Waals surface area contributed by atoms with Gasteiger partial charge in [0.2, 0.25) is 0 Å². The molecule has 0 fully saturated rings. The van der Waals surface area contributed by atoms with E-state index in [0.717, 1.165) is 17.7 Å². The van der Waals surface area contributed by atoms with Crippen molar-refractivity contribution in [3.63, 3.8) is 0 Å². The molecule has 0 amide bonds. The molecule has 2 aromatic rings. The molecule has 3 nitrogen and oxygen atoms in total. The maximum atomic E-state index is 13.4. The molecule has 1 heterocycles. The largest absolute Gasteiger partial charge is 0.496 e. The van der Waals surface area contributed by atoms with Gasteiger partial charge >= 0.3 is 0 Å². The molecule has 0 saturated carbocycles. The van der Waals surface area contributed by atoms with Gasteiger partial charge in [-0.1, -0.05) is 24.6 Å². The minimum atomic E-state index is -0.363. The first kappa shape index (κ1) is 14.8. The van der Waals surface area contributed by atoms with E-state index in [1.54, 1.807) is 25.4 Å². The molecule has 1 aromatic heterocycles. The predicted molar refractivity (Wildman–Crippen MR) is 77.7 cm³/mol. The molecule has 0 saturated heterocycles. The second kappa shape index (κ2) is 6.68. The van der Waals surface area contributed by atoms with E-state index in [2.05, 4.69) is 10.3 Å². The van der Waals surface area contributed by atoms with Crippen LogP contribution in [-0.4, -0.2) is 18.6 Å². The Morgan fingerprint density at radius 3 is 2.80 bits per heavy atom. The van der Waals surface area contributed by atoms with Crippen molar-refractivity contribution in [2.24, 2.45) is 0 Å². The number of rotatable bonds is 5. The Kier molecular flexibility index (Phi) is 4.93. The van der Waals surface area contributed by atoms with E-state index >= 15 is 0 Å². The van der Waals surface area contributed by atoms with Gasteiger partial charge in [-0.3, -0.25) is 4.98 Å². The average Bonchev–Trinajstić information content (AvgIpc) is 2.45. The zero-order chi connectivity index (χ0) is 14.5. The van der Waals surface area contributed by atoms with Crippen LogP contribution in [0.2, 0.25) is 5.02 Å². The number of nitrogens with zero attached hydrogens (tertiary/aromatic N) is 1. The second-order valence-corrected chi connectivity index (χ2v) is 4.75. The van der Waals surface area contributed by atoms with E-state index in [4.69, 9.17) is 16.3 Å². The Balaban J connectivity index is 2.48. The molecule has 0 radical (unpaired) electrons. The van der Waals surface area contributed by atoms with E-state index in [0.29, 0.717) is 10.8 Å². The standard InChI is InChI=1S/C15H16ClFN2O/c1-3-19-15(10-6-12(17)9-18-8-10)13-5-4-11(16)7-14(13)20-2/h4-9,15,19H,3H2,1-2H3. The Bertz CT molecular complexity index is 592. The summed E-state index contributed by atoms with van der Waals surface area (Å²) in [6.07, 6.45) is 2.83. The van der Waals surface area contributed by atoms with Crippen LogP contribution in [-0.2, 0) is 0 Å². The summed E-state index contributed by atoms with van der Waals surface area (Å²) in [7, 11) is 1.59. The Morgan fingerprint density at radius 1 is 1.35 bits per heavy atom. The molecule has 106 valence electrons. The van der Waals surface area contributed by atoms with Gasteiger partial charge in [0.15, 0.2) is 0 Å². The summed E-state index contributed by atoms with van der Waals surface area (Å²) in [6.45, 7) is 2.72. The van der Waals surface area contributed by atoms with E-state index in [1.165, 1.54) is 12.3 Å². The predicted octanol–water partition coefficient (Wildman–Crippen LogP) is 3.58. The third-order valence-corrected chi connectivity index (χ3v) is 3.21. The van der Waals surface area contributed by atoms with E-state index in [9.17, 15) is 4.39 Å². The van der Waals surface area contributed by atoms with Crippen molar-refractivity contribution in [2.75, 3.05) is 13.7 Å². The van der Waals surface area contributed by atoms with Gasteiger partial charge in [-0.25, -0.2) is 4.39 Å². The zero-order valence-corrected chi connectivity index (χ0v) is 12.1. The zero-order valence-electron chi connectivity index (χ0n) is 11.4. The number of ether oxygens (including phenoxy) is 1. The number of benzene rings is 1. The fraction of sp³-hybridized carbons (Fsp3) is 0.267. The van der Waals surface area contributed by atoms with Gasteiger partial charge in [-0.15, -0.1) is 0 Å². The van der Waals surface area contributed by atoms with Crippen molar-refractivity contribution in [3.8, 4) is 5.75 Å². The molecule has 0 spiro atoms. The lowest BCUT2D eigenvalue weighted by molar-refractivity contribution is 0.404. The molecule has 0 aliphatic heterocycles. The first-order valence-electron chi connectivity index (χ1n) is 6.33. The highest BCUT2D eigenvalue weighted by Gasteiger charge is 2.18. The average molecular weight is 295 g/mol. The molecule has 1 unspecified atom stereocenters. The van der Waals surface area contributed by atoms with Crippen LogP contribution in [0, 0.1) is 5.82 Å². The van der Waals surface area contributed by atoms with Crippen LogP contribution >= 0.6 is 11.6 Å². The van der Waals surface area contributed by atoms with Gasteiger partial charge in [0.1, 0.15) is 11.6 Å². The fourth-order valence-electron chi connectivity index (χ4n) is 2.12. The Morgan fingerprint density at radius 2 is 2.15 bits per heavy atom. The van der Waals surface area contributed by atoms with Crippen LogP contribution in [0.3, 0.4) is 0 Å². The highest BCUT2D eigenvalue weighted by molar-refractivity contribution is 6.30. The second-order valence-electron chi connectivity index (χ2n) is 4.31. The summed E-state index contributed by atoms with van der Waals surface area (Å²) in [6, 6.07) is 6.67. The van der Waals surface area contributed by atoms with Crippen LogP contribution < -0.4 is 10.1 Å². The minimum absolute atomic E-state index is 0.199. The van der Waals surface area contributed by atoms with Gasteiger partial charge < -0.3 is 10.1 Å². The first-order valence-corrected chi connectivity index (χ1v) is 6.70. The normalized spacial score (nSPS) is 12.2. The monoisotopic (exact) mass is 294 g/mol. The van der Waals surface area contributed by atoms with Crippen LogP contribution in [0.5, 0.6) is 5.75 Å². The van der Waals surface area contributed by atoms with Crippen molar-refractivity contribution in [3.05, 3.63) is 58.6 Å². The molecule has 0 aliphatic rings. The van der Waals surface area contributed by atoms with Crippen molar-refractivity contribution in [1.82, 2.24) is 10.3 Å². The first-order chi connectivity index (χ1) is 9.65. The number of hydrogen-bond acceptors (Lipinski definition) is 3. The fourth-order valence-corrected chi connectivity index (χ4v) is 2.28. The van der Waals surface area contributed by atoms with Gasteiger partial charge in [-0.2, -0.15) is 0 Å². The van der Waals surface area contributed by atoms with E-state index in [1.807, 2.05) is 13.0 Å². The van der Waals surface area contributed by atoms with Gasteiger partial charge in [0, 0.05) is 16.8 Å². The third kappa shape index (κ3) is 3.26. The van der Waals surface area contributed by atoms with Crippen LogP contribution in [0.4, 0.5) is 4.39 Å². The molecule has 20 heavy (non-hydrogen) atoms. The van der Waals surface area contributed by atoms with Crippen molar-refractivity contribution >= 4 is 11.6 Å². The van der Waals surface area contributed by atoms with Crippen molar-refractivity contribution in [2.45, 2.75) is 13.0 Å². The lowest BCUT2D eigenvalue weighted by Crippen LogP contribution is -2.22. The summed E-state index contributed by atoms with van der Waals surface area (Å²) in [4.78, 5) is 3.90. The van der Waals surface area contributed by atoms with Crippen LogP contribution in [0.15, 0.2) is 36.7 Å². The maximum absolute atomic E-state index is 13.4. The molecule has 1 N–H and O–H groups in total. The van der Waals surface area contributed by atoms with Gasteiger partial charge in [-0.05, 0) is 30.3 Å². The Hall–Kier alpha value is -1.65. The molecule has 1 atom stereocenters. The molecule has 2 rings (SSSR count). The van der Waals surface area contributed by atoms with Crippen molar-refractivity contribution < 1.29 is 9.13 Å². The highest BCUT2D eigenvalue weighted by Crippen LogP contribution is 2.32. The lowest BCUT2D eigenvalue weighted by Gasteiger charge is -2.21. The molecular weight excluding hydrogens is 279 g/mol. The summed E-state index contributed by atoms with van der Waals surface area (Å²) < 4.78 is 18.8. The summed E-state index contributed by atoms with van der Waals surface area (Å²) in [5.41, 5.74) is 1.64. The molecule has 0 bridgehead atoms. The van der Waals surface area contributed by atoms with Crippen molar-refractivity contribution in [1.29, 1.82) is 0 Å². The molecular formula is C15H16ClFN2O. The maximum Gasteiger partial charge on any atom is 0.141 e. The number of hydrogen-bond donors (Lipinski definition) is 1. The molecule has 1 aromatic carbocycles. The number of pyridine rings is 1. The molecule has 0 aliphatic carbocycles. The van der Waals surface area contributed by atoms with Gasteiger partial charge in [0.25, 0.3) is 0 Å².